The molecule has 27 heavy (non-hydrogen) atoms. The van der Waals surface area contributed by atoms with E-state index in [4.69, 9.17) is 0 Å². The molecule has 0 spiro atoms. The Kier molecular flexibility index (Phi) is 5.12. The van der Waals surface area contributed by atoms with Gasteiger partial charge in [0, 0.05) is 19.2 Å². The van der Waals surface area contributed by atoms with Gasteiger partial charge in [-0.1, -0.05) is 24.3 Å². The molecule has 1 aromatic heterocycles. The first-order valence-electron chi connectivity index (χ1n) is 9.47. The Morgan fingerprint density at radius 1 is 1.19 bits per heavy atom. The molecule has 1 aliphatic heterocycles. The summed E-state index contributed by atoms with van der Waals surface area (Å²) >= 11 is 0. The van der Waals surface area contributed by atoms with Crippen LogP contribution in [0.5, 0.6) is 0 Å². The van der Waals surface area contributed by atoms with Crippen molar-refractivity contribution in [3.63, 3.8) is 0 Å². The fraction of sp³-hybridized carbons (Fsp3) is 0.318. The molecule has 0 unspecified atom stereocenters. The minimum atomic E-state index is 0.00979. The van der Waals surface area contributed by atoms with Gasteiger partial charge in [0.05, 0.1) is 29.5 Å². The largest absolute Gasteiger partial charge is 0.336 e. The van der Waals surface area contributed by atoms with E-state index in [1.54, 1.807) is 11.1 Å². The third-order valence-electron chi connectivity index (χ3n) is 5.15. The van der Waals surface area contributed by atoms with Gasteiger partial charge in [-0.05, 0) is 55.1 Å². The van der Waals surface area contributed by atoms with Gasteiger partial charge in [-0.2, -0.15) is 0 Å². The van der Waals surface area contributed by atoms with E-state index in [1.807, 2.05) is 49.5 Å². The number of nitrogens with zero attached hydrogens (tertiary/aromatic N) is 3. The number of fused-ring (bicyclic) bond motifs is 1. The molecule has 3 aromatic rings. The molecule has 0 saturated carbocycles. The van der Waals surface area contributed by atoms with Gasteiger partial charge in [0.2, 0.25) is 0 Å². The molecule has 1 atom stereocenters. The van der Waals surface area contributed by atoms with Crippen LogP contribution in [0.25, 0.3) is 11.0 Å². The van der Waals surface area contributed by atoms with Crippen molar-refractivity contribution in [2.75, 3.05) is 20.1 Å². The average molecular weight is 360 g/mol. The summed E-state index contributed by atoms with van der Waals surface area (Å²) < 4.78 is 0. The maximum Gasteiger partial charge on any atom is 0.253 e. The van der Waals surface area contributed by atoms with E-state index in [0.29, 0.717) is 12.5 Å². The van der Waals surface area contributed by atoms with Gasteiger partial charge in [-0.15, -0.1) is 0 Å². The number of hydrogen-bond acceptors (Lipinski definition) is 4. The zero-order chi connectivity index (χ0) is 18.6. The number of carbonyl (C=O) groups is 1. The lowest BCUT2D eigenvalue weighted by atomic mass is 9.90. The smallest absolute Gasteiger partial charge is 0.253 e. The molecule has 0 bridgehead atoms. The van der Waals surface area contributed by atoms with Gasteiger partial charge in [-0.25, -0.2) is 4.98 Å². The lowest BCUT2D eigenvalue weighted by molar-refractivity contribution is 0.0783. The Hall–Kier alpha value is -2.79. The summed E-state index contributed by atoms with van der Waals surface area (Å²) in [5, 5.41) is 3.44. The van der Waals surface area contributed by atoms with Crippen molar-refractivity contribution in [3.8, 4) is 0 Å². The lowest BCUT2D eigenvalue weighted by Crippen LogP contribution is -2.29. The van der Waals surface area contributed by atoms with E-state index in [2.05, 4.69) is 21.4 Å². The molecule has 5 heteroatoms. The fourth-order valence-electron chi connectivity index (χ4n) is 3.67. The minimum absolute atomic E-state index is 0.00979. The van der Waals surface area contributed by atoms with Crippen LogP contribution in [0.2, 0.25) is 0 Å². The number of rotatable bonds is 4. The topological polar surface area (TPSA) is 58.1 Å². The molecule has 0 radical (unpaired) electrons. The molecule has 1 saturated heterocycles. The van der Waals surface area contributed by atoms with Gasteiger partial charge in [0.25, 0.3) is 5.91 Å². The fourth-order valence-corrected chi connectivity index (χ4v) is 3.67. The first-order valence-corrected chi connectivity index (χ1v) is 9.47. The Morgan fingerprint density at radius 2 is 2.04 bits per heavy atom. The zero-order valence-corrected chi connectivity index (χ0v) is 15.6. The van der Waals surface area contributed by atoms with E-state index in [1.165, 1.54) is 18.4 Å². The highest BCUT2D eigenvalue weighted by atomic mass is 16.2. The number of nitrogens with one attached hydrogen (secondary N) is 1. The van der Waals surface area contributed by atoms with Crippen LogP contribution in [-0.2, 0) is 6.54 Å². The van der Waals surface area contributed by atoms with E-state index in [9.17, 15) is 4.79 Å². The Labute approximate surface area is 159 Å². The van der Waals surface area contributed by atoms with Crippen molar-refractivity contribution in [2.24, 2.45) is 0 Å². The molecule has 0 aliphatic carbocycles. The van der Waals surface area contributed by atoms with E-state index < -0.39 is 0 Å². The van der Waals surface area contributed by atoms with Gasteiger partial charge in [0.1, 0.15) is 0 Å². The Balaban J connectivity index is 1.49. The molecule has 2 aromatic carbocycles. The third kappa shape index (κ3) is 3.98. The van der Waals surface area contributed by atoms with Crippen LogP contribution >= 0.6 is 0 Å². The second kappa shape index (κ2) is 7.84. The molecule has 138 valence electrons. The highest BCUT2D eigenvalue weighted by Crippen LogP contribution is 2.24. The number of para-hydroxylation sites is 2. The summed E-state index contributed by atoms with van der Waals surface area (Å²) in [6, 6.07) is 15.8. The van der Waals surface area contributed by atoms with E-state index >= 15 is 0 Å². The minimum Gasteiger partial charge on any atom is -0.336 e. The van der Waals surface area contributed by atoms with Crippen molar-refractivity contribution in [1.82, 2.24) is 20.2 Å². The molecule has 1 N–H and O–H groups in total. The number of aromatic nitrogens is 2. The molecule has 4 rings (SSSR count). The molecule has 1 aliphatic rings. The quantitative estimate of drug-likeness (QED) is 0.775. The van der Waals surface area contributed by atoms with Gasteiger partial charge < -0.3 is 10.2 Å². The predicted molar refractivity (Wildman–Crippen MR) is 107 cm³/mol. The van der Waals surface area contributed by atoms with Crippen molar-refractivity contribution < 1.29 is 4.79 Å². The first kappa shape index (κ1) is 17.6. The highest BCUT2D eigenvalue weighted by molar-refractivity contribution is 5.94. The van der Waals surface area contributed by atoms with Crippen LogP contribution in [0, 0.1) is 0 Å². The zero-order valence-electron chi connectivity index (χ0n) is 15.6. The summed E-state index contributed by atoms with van der Waals surface area (Å²) in [7, 11) is 1.81. The molecular weight excluding hydrogens is 336 g/mol. The summed E-state index contributed by atoms with van der Waals surface area (Å²) in [6.07, 6.45) is 4.10. The second-order valence-electron chi connectivity index (χ2n) is 7.18. The van der Waals surface area contributed by atoms with Gasteiger partial charge in [-0.3, -0.25) is 9.78 Å². The Morgan fingerprint density at radius 3 is 2.85 bits per heavy atom. The Bertz CT molecular complexity index is 950. The van der Waals surface area contributed by atoms with Crippen LogP contribution in [0.4, 0.5) is 0 Å². The molecule has 1 fully saturated rings. The van der Waals surface area contributed by atoms with Crippen molar-refractivity contribution in [1.29, 1.82) is 0 Å². The van der Waals surface area contributed by atoms with Crippen LogP contribution in [0.1, 0.15) is 40.4 Å². The van der Waals surface area contributed by atoms with Gasteiger partial charge in [0.15, 0.2) is 0 Å². The standard InChI is InChI=1S/C22H24N4O/c1-26(15-19-14-24-20-9-2-3-10-21(20)25-19)22(27)17-7-4-6-16(12-17)18-8-5-11-23-13-18/h2-4,6-7,9-10,12,14,18,23H,5,8,11,13,15H2,1H3/t18-/m1/s1. The maximum absolute atomic E-state index is 12.9. The summed E-state index contributed by atoms with van der Waals surface area (Å²) in [6.45, 7) is 2.51. The number of hydrogen-bond donors (Lipinski definition) is 1. The SMILES string of the molecule is CN(Cc1cnc2ccccc2n1)C(=O)c1cccc([C@@H]2CCCNC2)c1. The van der Waals surface area contributed by atoms with Crippen LogP contribution < -0.4 is 5.32 Å². The van der Waals surface area contributed by atoms with E-state index in [-0.39, 0.29) is 5.91 Å². The molecule has 2 heterocycles. The van der Waals surface area contributed by atoms with Crippen molar-refractivity contribution >= 4 is 16.9 Å². The lowest BCUT2D eigenvalue weighted by Gasteiger charge is -2.24. The van der Waals surface area contributed by atoms with Crippen LogP contribution in [0.3, 0.4) is 0 Å². The first-order chi connectivity index (χ1) is 13.2. The number of amides is 1. The summed E-state index contributed by atoms with van der Waals surface area (Å²) in [4.78, 5) is 23.7. The van der Waals surface area contributed by atoms with E-state index in [0.717, 1.165) is 35.4 Å². The van der Waals surface area contributed by atoms with Crippen molar-refractivity contribution in [2.45, 2.75) is 25.3 Å². The number of carbonyl (C=O) groups excluding carboxylic acids is 1. The van der Waals surface area contributed by atoms with Crippen LogP contribution in [-0.4, -0.2) is 40.9 Å². The number of benzene rings is 2. The predicted octanol–water partition coefficient (Wildman–Crippen LogP) is 3.37. The normalized spacial score (nSPS) is 17.0. The summed E-state index contributed by atoms with van der Waals surface area (Å²) in [5.41, 5.74) is 4.48. The van der Waals surface area contributed by atoms with Crippen molar-refractivity contribution in [3.05, 3.63) is 71.5 Å². The van der Waals surface area contributed by atoms with Crippen LogP contribution in [0.15, 0.2) is 54.7 Å². The highest BCUT2D eigenvalue weighted by Gasteiger charge is 2.18. The monoisotopic (exact) mass is 360 g/mol. The van der Waals surface area contributed by atoms with Gasteiger partial charge >= 0.3 is 0 Å². The third-order valence-corrected chi connectivity index (χ3v) is 5.15. The molecule has 1 amide bonds. The second-order valence-corrected chi connectivity index (χ2v) is 7.18. The molecule has 5 nitrogen and oxygen atoms in total. The molecular formula is C22H24N4O. The number of piperidine rings is 1. The maximum atomic E-state index is 12.9. The average Bonchev–Trinajstić information content (AvgIpc) is 2.74. The summed E-state index contributed by atoms with van der Waals surface area (Å²) in [5.74, 6) is 0.499.